The van der Waals surface area contributed by atoms with Crippen molar-refractivity contribution in [1.29, 1.82) is 0 Å². The quantitative estimate of drug-likeness (QED) is 0.643. The largest absolute Gasteiger partial charge is 0.399 e. The molecule has 0 saturated heterocycles. The number of aliphatic hydroxyl groups is 2. The third kappa shape index (κ3) is 3.03. The summed E-state index contributed by atoms with van der Waals surface area (Å²) in [5, 5.41) is 23.3. The molecule has 0 radical (unpaired) electrons. The Morgan fingerprint density at radius 1 is 1.03 bits per heavy atom. The van der Waals surface area contributed by atoms with Crippen LogP contribution in [0.2, 0.25) is 0 Å². The molecule has 1 atom stereocenters. The molecule has 1 aromatic heterocycles. The normalized spacial score (nSPS) is 16.0. The van der Waals surface area contributed by atoms with Gasteiger partial charge in [0, 0.05) is 11.8 Å². The Kier molecular flexibility index (Phi) is 4.51. The van der Waals surface area contributed by atoms with Gasteiger partial charge in [-0.2, -0.15) is 18.3 Å². The van der Waals surface area contributed by atoms with E-state index in [-0.39, 0.29) is 16.7 Å². The van der Waals surface area contributed by atoms with Crippen LogP contribution >= 0.6 is 0 Å². The fourth-order valence-corrected chi connectivity index (χ4v) is 3.83. The maximum Gasteiger partial charge on any atom is 0.399 e. The molecule has 4 rings (SSSR count). The maximum atomic E-state index is 14.4. The van der Waals surface area contributed by atoms with E-state index in [1.807, 2.05) is 0 Å². The Morgan fingerprint density at radius 3 is 2.38 bits per heavy atom. The molecular formula is C21H18F4N2O2. The molecule has 1 heterocycles. The first kappa shape index (κ1) is 19.6. The number of hydrogen-bond acceptors (Lipinski definition) is 3. The number of aliphatic hydroxyl groups excluding tert-OH is 2. The fourth-order valence-electron chi connectivity index (χ4n) is 3.83. The van der Waals surface area contributed by atoms with Crippen LogP contribution in [-0.2, 0) is 5.54 Å². The standard InChI is InChI=1S/C21H18F4N2O2/c1-20(10-28,11-29)27-9-12(8-26-27)16-6-13(22)7-17-18(16)14-4-2-3-5-15(14)19(17)21(23,24)25/h2-9,19,28-29H,10-11H2,1H3. The molecule has 1 aliphatic rings. The summed E-state index contributed by atoms with van der Waals surface area (Å²) in [6.45, 7) is 0.782. The van der Waals surface area contributed by atoms with Gasteiger partial charge in [0.2, 0.25) is 0 Å². The van der Waals surface area contributed by atoms with Crippen LogP contribution in [0, 0.1) is 5.82 Å². The SMILES string of the molecule is CC(CO)(CO)n1cc(-c2cc(F)cc3c2-c2ccccc2C3C(F)(F)F)cn1. The van der Waals surface area contributed by atoms with E-state index in [9.17, 15) is 27.8 Å². The second kappa shape index (κ2) is 6.67. The van der Waals surface area contributed by atoms with Gasteiger partial charge in [0.15, 0.2) is 0 Å². The summed E-state index contributed by atoms with van der Waals surface area (Å²) in [7, 11) is 0. The van der Waals surface area contributed by atoms with E-state index in [0.717, 1.165) is 6.07 Å². The van der Waals surface area contributed by atoms with Crippen molar-refractivity contribution in [3.8, 4) is 22.3 Å². The molecular weight excluding hydrogens is 388 g/mol. The monoisotopic (exact) mass is 406 g/mol. The van der Waals surface area contributed by atoms with E-state index in [1.54, 1.807) is 19.1 Å². The van der Waals surface area contributed by atoms with Gasteiger partial charge in [-0.15, -0.1) is 0 Å². The highest BCUT2D eigenvalue weighted by Gasteiger charge is 2.48. The molecule has 0 bridgehead atoms. The second-order valence-electron chi connectivity index (χ2n) is 7.47. The lowest BCUT2D eigenvalue weighted by Crippen LogP contribution is -2.38. The molecule has 0 fully saturated rings. The molecule has 152 valence electrons. The molecule has 1 aliphatic carbocycles. The van der Waals surface area contributed by atoms with Gasteiger partial charge in [-0.05, 0) is 46.9 Å². The van der Waals surface area contributed by atoms with Crippen molar-refractivity contribution in [2.24, 2.45) is 0 Å². The summed E-state index contributed by atoms with van der Waals surface area (Å²) < 4.78 is 57.3. The summed E-state index contributed by atoms with van der Waals surface area (Å²) >= 11 is 0. The van der Waals surface area contributed by atoms with Crippen LogP contribution in [0.3, 0.4) is 0 Å². The van der Waals surface area contributed by atoms with Crippen LogP contribution in [0.25, 0.3) is 22.3 Å². The molecule has 2 aromatic carbocycles. The molecule has 1 unspecified atom stereocenters. The number of benzene rings is 2. The Bertz CT molecular complexity index is 1070. The van der Waals surface area contributed by atoms with Crippen molar-refractivity contribution >= 4 is 0 Å². The lowest BCUT2D eigenvalue weighted by molar-refractivity contribution is -0.140. The van der Waals surface area contributed by atoms with Crippen LogP contribution < -0.4 is 0 Å². The van der Waals surface area contributed by atoms with Crippen molar-refractivity contribution < 1.29 is 27.8 Å². The first-order chi connectivity index (χ1) is 13.7. The molecule has 4 nitrogen and oxygen atoms in total. The van der Waals surface area contributed by atoms with Gasteiger partial charge in [0.1, 0.15) is 17.3 Å². The van der Waals surface area contributed by atoms with E-state index in [2.05, 4.69) is 5.10 Å². The predicted octanol–water partition coefficient (Wildman–Crippen LogP) is 4.06. The number of rotatable bonds is 4. The highest BCUT2D eigenvalue weighted by molar-refractivity contribution is 5.91. The average Bonchev–Trinajstić information content (AvgIpc) is 3.29. The number of fused-ring (bicyclic) bond motifs is 3. The summed E-state index contributed by atoms with van der Waals surface area (Å²) in [5.41, 5.74) is 0.257. The first-order valence-electron chi connectivity index (χ1n) is 8.96. The lowest BCUT2D eigenvalue weighted by Gasteiger charge is -2.25. The van der Waals surface area contributed by atoms with Gasteiger partial charge in [0.25, 0.3) is 0 Å². The minimum atomic E-state index is -4.57. The second-order valence-corrected chi connectivity index (χ2v) is 7.47. The van der Waals surface area contributed by atoms with Gasteiger partial charge < -0.3 is 10.2 Å². The van der Waals surface area contributed by atoms with Gasteiger partial charge in [-0.1, -0.05) is 24.3 Å². The van der Waals surface area contributed by atoms with E-state index < -0.39 is 36.7 Å². The van der Waals surface area contributed by atoms with Gasteiger partial charge in [-0.25, -0.2) is 4.39 Å². The highest BCUT2D eigenvalue weighted by Crippen LogP contribution is 2.54. The summed E-state index contributed by atoms with van der Waals surface area (Å²) in [5.74, 6) is -2.68. The fraction of sp³-hybridized carbons (Fsp3) is 0.286. The molecule has 0 amide bonds. The molecule has 3 aromatic rings. The van der Waals surface area contributed by atoms with Crippen LogP contribution in [0.4, 0.5) is 17.6 Å². The van der Waals surface area contributed by atoms with Crippen molar-refractivity contribution in [1.82, 2.24) is 9.78 Å². The van der Waals surface area contributed by atoms with Crippen molar-refractivity contribution in [2.75, 3.05) is 13.2 Å². The Morgan fingerprint density at radius 2 is 1.72 bits per heavy atom. The van der Waals surface area contributed by atoms with Crippen LogP contribution in [0.15, 0.2) is 48.8 Å². The zero-order valence-electron chi connectivity index (χ0n) is 15.4. The zero-order chi connectivity index (χ0) is 21.0. The van der Waals surface area contributed by atoms with Gasteiger partial charge in [0.05, 0.1) is 19.4 Å². The van der Waals surface area contributed by atoms with Crippen molar-refractivity contribution in [3.05, 3.63) is 65.7 Å². The average molecular weight is 406 g/mol. The third-order valence-corrected chi connectivity index (χ3v) is 5.44. The van der Waals surface area contributed by atoms with E-state index in [1.165, 1.54) is 35.3 Å². The van der Waals surface area contributed by atoms with Crippen LogP contribution in [-0.4, -0.2) is 39.4 Å². The molecule has 2 N–H and O–H groups in total. The van der Waals surface area contributed by atoms with E-state index in [4.69, 9.17) is 0 Å². The van der Waals surface area contributed by atoms with Gasteiger partial charge in [-0.3, -0.25) is 4.68 Å². The molecule has 0 aliphatic heterocycles. The Balaban J connectivity index is 1.95. The summed E-state index contributed by atoms with van der Waals surface area (Å²) in [4.78, 5) is 0. The number of aromatic nitrogens is 2. The number of alkyl halides is 3. The predicted molar refractivity (Wildman–Crippen MR) is 98.8 cm³/mol. The smallest absolute Gasteiger partial charge is 0.394 e. The summed E-state index contributed by atoms with van der Waals surface area (Å²) in [6.07, 6.45) is -1.68. The van der Waals surface area contributed by atoms with E-state index >= 15 is 0 Å². The number of nitrogens with zero attached hydrogens (tertiary/aromatic N) is 2. The highest BCUT2D eigenvalue weighted by atomic mass is 19.4. The summed E-state index contributed by atoms with van der Waals surface area (Å²) in [6, 6.07) is 8.31. The first-order valence-corrected chi connectivity index (χ1v) is 8.96. The molecule has 0 saturated carbocycles. The van der Waals surface area contributed by atoms with Gasteiger partial charge >= 0.3 is 6.18 Å². The van der Waals surface area contributed by atoms with Crippen molar-refractivity contribution in [3.63, 3.8) is 0 Å². The topological polar surface area (TPSA) is 58.3 Å². The lowest BCUT2D eigenvalue weighted by atomic mass is 9.93. The minimum Gasteiger partial charge on any atom is -0.394 e. The Labute approximate surface area is 164 Å². The van der Waals surface area contributed by atoms with E-state index in [0.29, 0.717) is 16.7 Å². The molecule has 29 heavy (non-hydrogen) atoms. The molecule has 8 heteroatoms. The third-order valence-electron chi connectivity index (χ3n) is 5.44. The van der Waals surface area contributed by atoms with Crippen molar-refractivity contribution in [2.45, 2.75) is 24.6 Å². The molecule has 0 spiro atoms. The van der Waals surface area contributed by atoms with Crippen LogP contribution in [0.5, 0.6) is 0 Å². The maximum absolute atomic E-state index is 14.4. The zero-order valence-corrected chi connectivity index (χ0v) is 15.4. The number of halogens is 4. The number of hydrogen-bond donors (Lipinski definition) is 2. The minimum absolute atomic E-state index is 0.0878. The Hall–Kier alpha value is -2.71. The van der Waals surface area contributed by atoms with Crippen LogP contribution in [0.1, 0.15) is 24.0 Å².